The Bertz CT molecular complexity index is 208. The first-order valence-electron chi connectivity index (χ1n) is 3.55. The molecule has 0 saturated heterocycles. The second kappa shape index (κ2) is 3.39. The van der Waals surface area contributed by atoms with Crippen LogP contribution in [0, 0.1) is 0 Å². The van der Waals surface area contributed by atoms with Gasteiger partial charge in [0.25, 0.3) is 0 Å². The zero-order chi connectivity index (χ0) is 8.43. The number of aliphatic hydroxyl groups excluding tert-OH is 2. The van der Waals surface area contributed by atoms with Crippen molar-refractivity contribution in [3.8, 4) is 0 Å². The van der Waals surface area contributed by atoms with Crippen LogP contribution in [-0.4, -0.2) is 22.4 Å². The van der Waals surface area contributed by atoms with E-state index in [1.165, 1.54) is 0 Å². The van der Waals surface area contributed by atoms with Crippen molar-refractivity contribution in [2.75, 3.05) is 0 Å². The lowest BCUT2D eigenvalue weighted by Gasteiger charge is -2.01. The van der Waals surface area contributed by atoms with E-state index in [0.717, 1.165) is 0 Å². The molecule has 1 aliphatic carbocycles. The standard InChI is InChI=1S/C8H11ClO2/c1-2-3-5-6(10)4-7(11)8(5)9/h2-3,6-7,10-11H,4H2,1H3/b3-2+/t6-,7-/m0/s1. The first kappa shape index (κ1) is 8.78. The van der Waals surface area contributed by atoms with Crippen molar-refractivity contribution in [3.05, 3.63) is 22.8 Å². The summed E-state index contributed by atoms with van der Waals surface area (Å²) in [5.74, 6) is 0. The molecule has 3 heteroatoms. The fourth-order valence-electron chi connectivity index (χ4n) is 1.16. The fraction of sp³-hybridized carbons (Fsp3) is 0.500. The summed E-state index contributed by atoms with van der Waals surface area (Å²) in [5.41, 5.74) is 0.640. The Morgan fingerprint density at radius 2 is 2.09 bits per heavy atom. The number of hydrogen-bond donors (Lipinski definition) is 2. The van der Waals surface area contributed by atoms with Gasteiger partial charge in [-0.15, -0.1) is 0 Å². The van der Waals surface area contributed by atoms with Gasteiger partial charge in [-0.1, -0.05) is 23.8 Å². The molecule has 1 aliphatic rings. The Morgan fingerprint density at radius 1 is 1.45 bits per heavy atom. The Hall–Kier alpha value is -0.310. The smallest absolute Gasteiger partial charge is 0.0927 e. The van der Waals surface area contributed by atoms with Gasteiger partial charge in [-0.2, -0.15) is 0 Å². The van der Waals surface area contributed by atoms with Gasteiger partial charge in [-0.25, -0.2) is 0 Å². The summed E-state index contributed by atoms with van der Waals surface area (Å²) in [6, 6.07) is 0. The van der Waals surface area contributed by atoms with E-state index >= 15 is 0 Å². The topological polar surface area (TPSA) is 40.5 Å². The fourth-order valence-corrected chi connectivity index (χ4v) is 1.44. The third-order valence-corrected chi connectivity index (χ3v) is 2.19. The van der Waals surface area contributed by atoms with Crippen molar-refractivity contribution >= 4 is 11.6 Å². The maximum atomic E-state index is 9.31. The molecular weight excluding hydrogens is 164 g/mol. The Balaban J connectivity index is 2.87. The minimum absolute atomic E-state index is 0.318. The summed E-state index contributed by atoms with van der Waals surface area (Å²) >= 11 is 5.72. The lowest BCUT2D eigenvalue weighted by Crippen LogP contribution is -2.07. The molecule has 62 valence electrons. The van der Waals surface area contributed by atoms with Gasteiger partial charge in [-0.3, -0.25) is 0 Å². The number of halogens is 1. The second-order valence-corrected chi connectivity index (χ2v) is 2.98. The van der Waals surface area contributed by atoms with Crippen molar-refractivity contribution in [3.63, 3.8) is 0 Å². The molecule has 0 radical (unpaired) electrons. The van der Waals surface area contributed by atoms with E-state index in [1.54, 1.807) is 12.2 Å². The van der Waals surface area contributed by atoms with Gasteiger partial charge in [0.2, 0.25) is 0 Å². The lowest BCUT2D eigenvalue weighted by molar-refractivity contribution is 0.147. The second-order valence-electron chi connectivity index (χ2n) is 2.57. The average Bonchev–Trinajstić information content (AvgIpc) is 2.17. The molecule has 0 heterocycles. The van der Waals surface area contributed by atoms with Crippen LogP contribution in [0.15, 0.2) is 22.8 Å². The third-order valence-electron chi connectivity index (χ3n) is 1.72. The highest BCUT2D eigenvalue weighted by molar-refractivity contribution is 6.31. The minimum atomic E-state index is -0.683. The summed E-state index contributed by atoms with van der Waals surface area (Å²) in [7, 11) is 0. The summed E-state index contributed by atoms with van der Waals surface area (Å²) in [5, 5.41) is 18.9. The van der Waals surface area contributed by atoms with Crippen molar-refractivity contribution in [1.82, 2.24) is 0 Å². The first-order chi connectivity index (χ1) is 5.16. The molecule has 0 aliphatic heterocycles. The van der Waals surface area contributed by atoms with Crippen LogP contribution in [0.2, 0.25) is 0 Å². The van der Waals surface area contributed by atoms with Gasteiger partial charge in [0, 0.05) is 6.42 Å². The maximum Gasteiger partial charge on any atom is 0.0927 e. The lowest BCUT2D eigenvalue weighted by atomic mass is 10.2. The van der Waals surface area contributed by atoms with E-state index in [9.17, 15) is 10.2 Å². The van der Waals surface area contributed by atoms with Gasteiger partial charge < -0.3 is 10.2 Å². The predicted octanol–water partition coefficient (Wildman–Crippen LogP) is 1.18. The molecular formula is C8H11ClO2. The monoisotopic (exact) mass is 174 g/mol. The van der Waals surface area contributed by atoms with E-state index in [2.05, 4.69) is 0 Å². The molecule has 11 heavy (non-hydrogen) atoms. The molecule has 0 fully saturated rings. The first-order valence-corrected chi connectivity index (χ1v) is 3.93. The van der Waals surface area contributed by atoms with Crippen LogP contribution in [-0.2, 0) is 0 Å². The molecule has 0 aromatic carbocycles. The third kappa shape index (κ3) is 1.64. The number of aliphatic hydroxyl groups is 2. The molecule has 1 rings (SSSR count). The Morgan fingerprint density at radius 3 is 2.45 bits per heavy atom. The summed E-state index contributed by atoms with van der Waals surface area (Å²) in [6.07, 6.45) is 2.55. The molecule has 0 saturated carbocycles. The minimum Gasteiger partial charge on any atom is -0.388 e. The van der Waals surface area contributed by atoms with Gasteiger partial charge in [0.05, 0.1) is 17.2 Å². The van der Waals surface area contributed by atoms with E-state index < -0.39 is 12.2 Å². The molecule has 0 unspecified atom stereocenters. The largest absolute Gasteiger partial charge is 0.388 e. The highest BCUT2D eigenvalue weighted by atomic mass is 35.5. The normalized spacial score (nSPS) is 32.4. The van der Waals surface area contributed by atoms with Crippen LogP contribution >= 0.6 is 11.6 Å². The molecule has 0 aromatic heterocycles. The van der Waals surface area contributed by atoms with Gasteiger partial charge >= 0.3 is 0 Å². The highest BCUT2D eigenvalue weighted by Crippen LogP contribution is 2.30. The Kier molecular flexibility index (Phi) is 2.71. The molecule has 2 N–H and O–H groups in total. The van der Waals surface area contributed by atoms with Crippen molar-refractivity contribution < 1.29 is 10.2 Å². The van der Waals surface area contributed by atoms with Crippen molar-refractivity contribution in [1.29, 1.82) is 0 Å². The van der Waals surface area contributed by atoms with E-state index in [0.29, 0.717) is 17.0 Å². The van der Waals surface area contributed by atoms with Gasteiger partial charge in [0.15, 0.2) is 0 Å². The molecule has 0 bridgehead atoms. The van der Waals surface area contributed by atoms with Crippen LogP contribution < -0.4 is 0 Å². The van der Waals surface area contributed by atoms with Crippen LogP contribution in [0.5, 0.6) is 0 Å². The molecule has 0 amide bonds. The SMILES string of the molecule is C/C=C/C1=C(Cl)[C@@H](O)C[C@@H]1O. The molecule has 0 aromatic rings. The summed E-state index contributed by atoms with van der Waals surface area (Å²) < 4.78 is 0. The van der Waals surface area contributed by atoms with E-state index in [-0.39, 0.29) is 0 Å². The number of hydrogen-bond acceptors (Lipinski definition) is 2. The van der Waals surface area contributed by atoms with Gasteiger partial charge in [-0.05, 0) is 12.5 Å². The van der Waals surface area contributed by atoms with E-state index in [4.69, 9.17) is 11.6 Å². The molecule has 2 atom stereocenters. The van der Waals surface area contributed by atoms with Crippen molar-refractivity contribution in [2.45, 2.75) is 25.6 Å². The highest BCUT2D eigenvalue weighted by Gasteiger charge is 2.28. The number of allylic oxidation sites excluding steroid dienone is 1. The average molecular weight is 175 g/mol. The van der Waals surface area contributed by atoms with Gasteiger partial charge in [0.1, 0.15) is 0 Å². The van der Waals surface area contributed by atoms with Crippen LogP contribution in [0.3, 0.4) is 0 Å². The maximum absolute atomic E-state index is 9.31. The molecule has 2 nitrogen and oxygen atoms in total. The van der Waals surface area contributed by atoms with Crippen LogP contribution in [0.25, 0.3) is 0 Å². The molecule has 0 spiro atoms. The summed E-state index contributed by atoms with van der Waals surface area (Å²) in [6.45, 7) is 1.84. The quantitative estimate of drug-likeness (QED) is 0.627. The van der Waals surface area contributed by atoms with Crippen molar-refractivity contribution in [2.24, 2.45) is 0 Å². The predicted molar refractivity (Wildman–Crippen MR) is 44.3 cm³/mol. The van der Waals surface area contributed by atoms with Crippen LogP contribution in [0.1, 0.15) is 13.3 Å². The summed E-state index contributed by atoms with van der Waals surface area (Å²) in [4.78, 5) is 0. The number of rotatable bonds is 1. The Labute approximate surface area is 70.8 Å². The van der Waals surface area contributed by atoms with E-state index in [1.807, 2.05) is 6.92 Å². The zero-order valence-corrected chi connectivity index (χ0v) is 7.04. The van der Waals surface area contributed by atoms with Crippen LogP contribution in [0.4, 0.5) is 0 Å². The zero-order valence-electron chi connectivity index (χ0n) is 6.29.